The number of amides is 1. The molecule has 130 valence electrons. The number of aliphatic hydroxyl groups excluding tert-OH is 1. The number of ether oxygens (including phenoxy) is 1. The molecule has 2 N–H and O–H groups in total. The van der Waals surface area contributed by atoms with E-state index in [0.29, 0.717) is 6.54 Å². The molecule has 0 aromatic heterocycles. The first-order valence-corrected chi connectivity index (χ1v) is 9.04. The first-order chi connectivity index (χ1) is 10.8. The third kappa shape index (κ3) is 7.75. The van der Waals surface area contributed by atoms with Crippen LogP contribution in [0.1, 0.15) is 40.5 Å². The first-order valence-electron chi connectivity index (χ1n) is 8.06. The van der Waals surface area contributed by atoms with Crippen molar-refractivity contribution in [2.45, 2.75) is 51.0 Å². The minimum Gasteiger partial charge on any atom is -0.444 e. The van der Waals surface area contributed by atoms with Gasteiger partial charge >= 0.3 is 6.09 Å². The van der Waals surface area contributed by atoms with E-state index < -0.39 is 11.7 Å². The van der Waals surface area contributed by atoms with Gasteiger partial charge in [-0.25, -0.2) is 4.79 Å². The minimum absolute atomic E-state index is 0.0502. The molecular weight excluding hydrogens is 310 g/mol. The molecule has 1 rings (SSSR count). The average molecular weight is 340 g/mol. The molecule has 0 heterocycles. The molecule has 0 fully saturated rings. The Morgan fingerprint density at radius 1 is 1.26 bits per heavy atom. The molecule has 1 aromatic rings. The predicted octanol–water partition coefficient (Wildman–Crippen LogP) is 4.08. The molecule has 23 heavy (non-hydrogen) atoms. The van der Waals surface area contributed by atoms with Gasteiger partial charge in [-0.1, -0.05) is 25.1 Å². The van der Waals surface area contributed by atoms with Gasteiger partial charge in [-0.3, -0.25) is 0 Å². The zero-order valence-corrected chi connectivity index (χ0v) is 15.4. The standard InChI is InChI=1S/C18H29NO3S/c1-5-18(14-20,13-19-16(21)22-17(2,3)4)11-12-23-15-9-7-6-8-10-15/h6-10,20H,5,11-14H2,1-4H3,(H,19,21). The first kappa shape index (κ1) is 19.8. The Balaban J connectivity index is 2.49. The lowest BCUT2D eigenvalue weighted by molar-refractivity contribution is 0.0458. The number of rotatable bonds is 8. The van der Waals surface area contributed by atoms with Gasteiger partial charge in [0.1, 0.15) is 5.60 Å². The number of alkyl carbamates (subject to hydrolysis) is 1. The van der Waals surface area contributed by atoms with Crippen LogP contribution < -0.4 is 5.32 Å². The van der Waals surface area contributed by atoms with E-state index in [1.165, 1.54) is 4.90 Å². The van der Waals surface area contributed by atoms with E-state index in [4.69, 9.17) is 4.74 Å². The molecule has 0 aliphatic rings. The molecule has 5 heteroatoms. The third-order valence-electron chi connectivity index (χ3n) is 3.74. The molecule has 0 saturated heterocycles. The Hall–Kier alpha value is -1.20. The van der Waals surface area contributed by atoms with E-state index in [9.17, 15) is 9.90 Å². The van der Waals surface area contributed by atoms with Gasteiger partial charge in [0.2, 0.25) is 0 Å². The average Bonchev–Trinajstić information content (AvgIpc) is 2.50. The molecule has 1 unspecified atom stereocenters. The molecule has 4 nitrogen and oxygen atoms in total. The van der Waals surface area contributed by atoms with Crippen LogP contribution in [0.25, 0.3) is 0 Å². The van der Waals surface area contributed by atoms with E-state index in [2.05, 4.69) is 17.4 Å². The quantitative estimate of drug-likeness (QED) is 0.701. The van der Waals surface area contributed by atoms with Crippen LogP contribution in [0.15, 0.2) is 35.2 Å². The van der Waals surface area contributed by atoms with Crippen molar-refractivity contribution in [2.24, 2.45) is 5.41 Å². The summed E-state index contributed by atoms with van der Waals surface area (Å²) in [5.41, 5.74) is -0.819. The number of carbonyl (C=O) groups excluding carboxylic acids is 1. The summed E-state index contributed by atoms with van der Waals surface area (Å²) in [6.07, 6.45) is 1.20. The number of nitrogens with one attached hydrogen (secondary N) is 1. The summed E-state index contributed by atoms with van der Waals surface area (Å²) < 4.78 is 5.26. The maximum absolute atomic E-state index is 11.8. The smallest absolute Gasteiger partial charge is 0.407 e. The predicted molar refractivity (Wildman–Crippen MR) is 95.8 cm³/mol. The van der Waals surface area contributed by atoms with E-state index in [0.717, 1.165) is 18.6 Å². The summed E-state index contributed by atoms with van der Waals surface area (Å²) in [6.45, 7) is 8.02. The summed E-state index contributed by atoms with van der Waals surface area (Å²) in [5, 5.41) is 12.6. The second kappa shape index (κ2) is 9.18. The third-order valence-corrected chi connectivity index (χ3v) is 4.75. The molecule has 1 aromatic carbocycles. The second-order valence-corrected chi connectivity index (χ2v) is 7.95. The van der Waals surface area contributed by atoms with Gasteiger partial charge in [0.25, 0.3) is 0 Å². The van der Waals surface area contributed by atoms with E-state index >= 15 is 0 Å². The molecule has 0 bridgehead atoms. The highest BCUT2D eigenvalue weighted by atomic mass is 32.2. The fourth-order valence-corrected chi connectivity index (χ4v) is 3.23. The molecule has 1 atom stereocenters. The van der Waals surface area contributed by atoms with Crippen LogP contribution in [0.2, 0.25) is 0 Å². The van der Waals surface area contributed by atoms with Gasteiger partial charge in [0, 0.05) is 16.9 Å². The molecule has 0 aliphatic carbocycles. The maximum atomic E-state index is 11.8. The van der Waals surface area contributed by atoms with Gasteiger partial charge in [0.15, 0.2) is 0 Å². The van der Waals surface area contributed by atoms with Gasteiger partial charge in [0.05, 0.1) is 6.61 Å². The van der Waals surface area contributed by atoms with Crippen LogP contribution >= 0.6 is 11.8 Å². The molecule has 0 aliphatic heterocycles. The lowest BCUT2D eigenvalue weighted by Gasteiger charge is -2.31. The maximum Gasteiger partial charge on any atom is 0.407 e. The van der Waals surface area contributed by atoms with Gasteiger partial charge in [-0.15, -0.1) is 11.8 Å². The largest absolute Gasteiger partial charge is 0.444 e. The highest BCUT2D eigenvalue weighted by Crippen LogP contribution is 2.29. The van der Waals surface area contributed by atoms with Crippen LogP contribution in [0.4, 0.5) is 4.79 Å². The van der Waals surface area contributed by atoms with Crippen molar-refractivity contribution in [3.05, 3.63) is 30.3 Å². The van der Waals surface area contributed by atoms with Crippen molar-refractivity contribution < 1.29 is 14.6 Å². The van der Waals surface area contributed by atoms with Gasteiger partial charge in [-0.05, 0) is 51.5 Å². The Bertz CT molecular complexity index is 467. The van der Waals surface area contributed by atoms with Crippen molar-refractivity contribution in [3.8, 4) is 0 Å². The van der Waals surface area contributed by atoms with E-state index in [-0.39, 0.29) is 12.0 Å². The summed E-state index contributed by atoms with van der Waals surface area (Å²) in [4.78, 5) is 13.0. The van der Waals surface area contributed by atoms with Crippen molar-refractivity contribution in [2.75, 3.05) is 18.9 Å². The molecule has 1 amide bonds. The van der Waals surface area contributed by atoms with Crippen LogP contribution in [0.3, 0.4) is 0 Å². The van der Waals surface area contributed by atoms with Crippen LogP contribution in [0.5, 0.6) is 0 Å². The minimum atomic E-state index is -0.513. The van der Waals surface area contributed by atoms with Crippen molar-refractivity contribution >= 4 is 17.9 Å². The summed E-state index contributed by atoms with van der Waals surface area (Å²) in [7, 11) is 0. The Kier molecular flexibility index (Phi) is 7.92. The fourth-order valence-electron chi connectivity index (χ4n) is 2.11. The Labute approximate surface area is 144 Å². The molecule has 0 radical (unpaired) electrons. The number of hydrogen-bond acceptors (Lipinski definition) is 4. The molecule has 0 spiro atoms. The number of benzene rings is 1. The van der Waals surface area contributed by atoms with Crippen molar-refractivity contribution in [1.82, 2.24) is 5.32 Å². The Morgan fingerprint density at radius 3 is 2.43 bits per heavy atom. The van der Waals surface area contributed by atoms with Crippen LogP contribution in [-0.4, -0.2) is 35.7 Å². The van der Waals surface area contributed by atoms with Crippen LogP contribution in [0, 0.1) is 5.41 Å². The second-order valence-electron chi connectivity index (χ2n) is 6.78. The summed E-state index contributed by atoms with van der Waals surface area (Å²) in [6, 6.07) is 10.2. The highest BCUT2D eigenvalue weighted by Gasteiger charge is 2.28. The van der Waals surface area contributed by atoms with Gasteiger partial charge in [-0.2, -0.15) is 0 Å². The number of carbonyl (C=O) groups is 1. The summed E-state index contributed by atoms with van der Waals surface area (Å²) >= 11 is 1.77. The van der Waals surface area contributed by atoms with Crippen molar-refractivity contribution in [1.29, 1.82) is 0 Å². The highest BCUT2D eigenvalue weighted by molar-refractivity contribution is 7.99. The fraction of sp³-hybridized carbons (Fsp3) is 0.611. The lowest BCUT2D eigenvalue weighted by Crippen LogP contribution is -2.42. The van der Waals surface area contributed by atoms with Crippen LogP contribution in [-0.2, 0) is 4.74 Å². The normalized spacial score (nSPS) is 14.1. The number of hydrogen-bond donors (Lipinski definition) is 2. The van der Waals surface area contributed by atoms with E-state index in [1.807, 2.05) is 45.9 Å². The number of aliphatic hydroxyl groups is 1. The summed E-state index contributed by atoms with van der Waals surface area (Å²) in [5.74, 6) is 0.897. The molecule has 0 saturated carbocycles. The topological polar surface area (TPSA) is 58.6 Å². The monoisotopic (exact) mass is 339 g/mol. The SMILES string of the molecule is CCC(CO)(CCSc1ccccc1)CNC(=O)OC(C)(C)C. The van der Waals surface area contributed by atoms with Gasteiger partial charge < -0.3 is 15.2 Å². The zero-order chi connectivity index (χ0) is 17.3. The Morgan fingerprint density at radius 2 is 1.91 bits per heavy atom. The molecular formula is C18H29NO3S. The van der Waals surface area contributed by atoms with E-state index in [1.54, 1.807) is 11.8 Å². The zero-order valence-electron chi connectivity index (χ0n) is 14.6. The number of thioether (sulfide) groups is 1. The lowest BCUT2D eigenvalue weighted by atomic mass is 9.83. The van der Waals surface area contributed by atoms with Crippen molar-refractivity contribution in [3.63, 3.8) is 0 Å².